The van der Waals surface area contributed by atoms with Crippen LogP contribution in [0.25, 0.3) is 5.69 Å². The van der Waals surface area contributed by atoms with Crippen molar-refractivity contribution in [3.8, 4) is 11.4 Å². The molecule has 0 saturated heterocycles. The molecular weight excluding hydrogens is 318 g/mol. The van der Waals surface area contributed by atoms with E-state index in [9.17, 15) is 4.79 Å². The first-order valence-electron chi connectivity index (χ1n) is 8.03. The van der Waals surface area contributed by atoms with Crippen molar-refractivity contribution in [3.05, 3.63) is 60.4 Å². The number of amides is 1. The highest BCUT2D eigenvalue weighted by molar-refractivity contribution is 5.95. The number of anilines is 1. The van der Waals surface area contributed by atoms with Gasteiger partial charge >= 0.3 is 0 Å². The van der Waals surface area contributed by atoms with Crippen LogP contribution in [0.15, 0.2) is 54.9 Å². The number of tetrazole rings is 1. The molecule has 1 heterocycles. The van der Waals surface area contributed by atoms with E-state index in [4.69, 9.17) is 4.74 Å². The number of nitrogens with one attached hydrogen (secondary N) is 1. The number of hydrogen-bond acceptors (Lipinski definition) is 5. The quantitative estimate of drug-likeness (QED) is 0.774. The molecule has 3 aromatic rings. The van der Waals surface area contributed by atoms with Crippen LogP contribution >= 0.6 is 0 Å². The molecule has 2 aromatic carbocycles. The molecule has 1 aromatic heterocycles. The summed E-state index contributed by atoms with van der Waals surface area (Å²) in [5.74, 6) is 1.08. The topological polar surface area (TPSA) is 81.9 Å². The molecule has 126 valence electrons. The van der Waals surface area contributed by atoms with Crippen molar-refractivity contribution >= 4 is 11.6 Å². The maximum Gasteiger partial charge on any atom is 0.228 e. The first-order valence-corrected chi connectivity index (χ1v) is 8.03. The second kappa shape index (κ2) is 6.35. The monoisotopic (exact) mass is 335 g/mol. The van der Waals surface area contributed by atoms with E-state index in [1.807, 2.05) is 48.5 Å². The molecular formula is C18H17N5O2. The van der Waals surface area contributed by atoms with Gasteiger partial charge in [0.15, 0.2) is 0 Å². The predicted octanol–water partition coefficient (Wildman–Crippen LogP) is 2.41. The molecule has 0 bridgehead atoms. The lowest BCUT2D eigenvalue weighted by molar-refractivity contribution is -0.117. The normalized spacial score (nSPS) is 18.6. The third-order valence-corrected chi connectivity index (χ3v) is 4.38. The summed E-state index contributed by atoms with van der Waals surface area (Å²) in [7, 11) is 1.65. The first-order chi connectivity index (χ1) is 12.2. The summed E-state index contributed by atoms with van der Waals surface area (Å²) in [6, 6.07) is 15.3. The zero-order valence-electron chi connectivity index (χ0n) is 13.7. The van der Waals surface area contributed by atoms with Crippen molar-refractivity contribution in [3.63, 3.8) is 0 Å². The largest absolute Gasteiger partial charge is 0.497 e. The second-order valence-corrected chi connectivity index (χ2v) is 6.02. The molecule has 0 radical (unpaired) electrons. The number of aromatic nitrogens is 4. The Hall–Kier alpha value is -3.22. The minimum atomic E-state index is -0.0104. The average molecular weight is 335 g/mol. The van der Waals surface area contributed by atoms with Gasteiger partial charge in [-0.15, -0.1) is 5.10 Å². The molecule has 7 nitrogen and oxygen atoms in total. The Morgan fingerprint density at radius 3 is 2.92 bits per heavy atom. The van der Waals surface area contributed by atoms with Crippen LogP contribution < -0.4 is 10.1 Å². The van der Waals surface area contributed by atoms with Crippen LogP contribution in [0, 0.1) is 5.92 Å². The van der Waals surface area contributed by atoms with Gasteiger partial charge in [0.1, 0.15) is 12.1 Å². The maximum atomic E-state index is 12.5. The minimum Gasteiger partial charge on any atom is -0.497 e. The van der Waals surface area contributed by atoms with Gasteiger partial charge in [-0.3, -0.25) is 4.79 Å². The summed E-state index contributed by atoms with van der Waals surface area (Å²) in [5.41, 5.74) is 2.67. The summed E-state index contributed by atoms with van der Waals surface area (Å²) in [6.45, 7) is 0. The van der Waals surface area contributed by atoms with Crippen molar-refractivity contribution in [2.45, 2.75) is 12.3 Å². The van der Waals surface area contributed by atoms with Crippen molar-refractivity contribution in [2.24, 2.45) is 5.92 Å². The zero-order chi connectivity index (χ0) is 17.2. The van der Waals surface area contributed by atoms with E-state index in [0.717, 1.165) is 29.1 Å². The summed E-state index contributed by atoms with van der Waals surface area (Å²) < 4.78 is 6.80. The molecule has 0 aliphatic heterocycles. The van der Waals surface area contributed by atoms with E-state index < -0.39 is 0 Å². The van der Waals surface area contributed by atoms with E-state index in [2.05, 4.69) is 20.8 Å². The lowest BCUT2D eigenvalue weighted by Gasteiger charge is -2.07. The number of rotatable bonds is 5. The lowest BCUT2D eigenvalue weighted by atomic mass is 10.1. The Balaban J connectivity index is 1.44. The third kappa shape index (κ3) is 3.21. The number of benzene rings is 2. The molecule has 0 unspecified atom stereocenters. The van der Waals surface area contributed by atoms with Crippen LogP contribution in [0.5, 0.6) is 5.75 Å². The van der Waals surface area contributed by atoms with E-state index in [-0.39, 0.29) is 17.7 Å². The summed E-state index contributed by atoms with van der Waals surface area (Å²) in [4.78, 5) is 12.5. The number of methoxy groups -OCH3 is 1. The van der Waals surface area contributed by atoms with Gasteiger partial charge in [0.2, 0.25) is 5.91 Å². The molecule has 4 rings (SSSR count). The van der Waals surface area contributed by atoms with Crippen LogP contribution in [0.2, 0.25) is 0 Å². The fourth-order valence-corrected chi connectivity index (χ4v) is 2.97. The van der Waals surface area contributed by atoms with Crippen LogP contribution in [0.4, 0.5) is 5.69 Å². The number of hydrogen-bond donors (Lipinski definition) is 1. The molecule has 1 saturated carbocycles. The fourth-order valence-electron chi connectivity index (χ4n) is 2.97. The Kier molecular flexibility index (Phi) is 3.89. The standard InChI is InChI=1S/C18H17N5O2/c1-25-15-7-2-4-12(8-15)16-10-17(16)18(24)20-13-5-3-6-14(9-13)23-11-19-21-22-23/h2-9,11,16-17H,10H2,1H3,(H,20,24)/t16-,17-/m1/s1. The molecule has 7 heteroatoms. The van der Waals surface area contributed by atoms with E-state index in [1.54, 1.807) is 11.8 Å². The Morgan fingerprint density at radius 2 is 2.12 bits per heavy atom. The lowest BCUT2D eigenvalue weighted by Crippen LogP contribution is -2.14. The number of nitrogens with zero attached hydrogens (tertiary/aromatic N) is 4. The molecule has 1 aliphatic carbocycles. The molecule has 1 N–H and O–H groups in total. The number of carbonyl (C=O) groups is 1. The van der Waals surface area contributed by atoms with Crippen LogP contribution in [-0.4, -0.2) is 33.2 Å². The van der Waals surface area contributed by atoms with Crippen LogP contribution in [-0.2, 0) is 4.79 Å². The molecule has 1 fully saturated rings. The van der Waals surface area contributed by atoms with Gasteiger partial charge in [0, 0.05) is 11.6 Å². The van der Waals surface area contributed by atoms with E-state index >= 15 is 0 Å². The number of carbonyl (C=O) groups excluding carboxylic acids is 1. The van der Waals surface area contributed by atoms with Crippen molar-refractivity contribution < 1.29 is 9.53 Å². The van der Waals surface area contributed by atoms with Crippen molar-refractivity contribution in [2.75, 3.05) is 12.4 Å². The smallest absolute Gasteiger partial charge is 0.228 e. The van der Waals surface area contributed by atoms with Crippen LogP contribution in [0.3, 0.4) is 0 Å². The molecule has 0 spiro atoms. The van der Waals surface area contributed by atoms with E-state index in [1.165, 1.54) is 6.33 Å². The molecule has 1 aliphatic rings. The minimum absolute atomic E-state index is 0.0104. The first kappa shape index (κ1) is 15.3. The fraction of sp³-hybridized carbons (Fsp3) is 0.222. The highest BCUT2D eigenvalue weighted by Gasteiger charge is 2.44. The summed E-state index contributed by atoms with van der Waals surface area (Å²) >= 11 is 0. The highest BCUT2D eigenvalue weighted by Crippen LogP contribution is 2.48. The van der Waals surface area contributed by atoms with Crippen molar-refractivity contribution in [1.82, 2.24) is 20.2 Å². The van der Waals surface area contributed by atoms with Gasteiger partial charge in [0.25, 0.3) is 0 Å². The number of ether oxygens (including phenoxy) is 1. The van der Waals surface area contributed by atoms with Gasteiger partial charge in [-0.1, -0.05) is 18.2 Å². The van der Waals surface area contributed by atoms with Gasteiger partial charge in [-0.05, 0) is 58.7 Å². The van der Waals surface area contributed by atoms with Gasteiger partial charge in [-0.25, -0.2) is 4.68 Å². The van der Waals surface area contributed by atoms with Gasteiger partial charge < -0.3 is 10.1 Å². The van der Waals surface area contributed by atoms with Crippen molar-refractivity contribution in [1.29, 1.82) is 0 Å². The summed E-state index contributed by atoms with van der Waals surface area (Å²) in [6.07, 6.45) is 2.37. The molecule has 2 atom stereocenters. The van der Waals surface area contributed by atoms with E-state index in [0.29, 0.717) is 0 Å². The SMILES string of the molecule is COc1cccc([C@H]2C[C@H]2C(=O)Nc2cccc(-n3cnnn3)c2)c1. The molecule has 25 heavy (non-hydrogen) atoms. The molecule has 1 amide bonds. The van der Waals surface area contributed by atoms with Gasteiger partial charge in [0.05, 0.1) is 12.8 Å². The van der Waals surface area contributed by atoms with Gasteiger partial charge in [-0.2, -0.15) is 0 Å². The Labute approximate surface area is 144 Å². The third-order valence-electron chi connectivity index (χ3n) is 4.38. The Bertz CT molecular complexity index is 894. The van der Waals surface area contributed by atoms with Crippen LogP contribution in [0.1, 0.15) is 17.9 Å². The summed E-state index contributed by atoms with van der Waals surface area (Å²) in [5, 5.41) is 14.1. The second-order valence-electron chi connectivity index (χ2n) is 6.02. The highest BCUT2D eigenvalue weighted by atomic mass is 16.5. The maximum absolute atomic E-state index is 12.5. The zero-order valence-corrected chi connectivity index (χ0v) is 13.7. The Morgan fingerprint density at radius 1 is 1.24 bits per heavy atom. The predicted molar refractivity (Wildman–Crippen MR) is 91.6 cm³/mol. The average Bonchev–Trinajstić information content (AvgIpc) is 3.27.